The molecule has 0 heterocycles. The van der Waals surface area contributed by atoms with Gasteiger partial charge in [-0.2, -0.15) is 5.26 Å². The van der Waals surface area contributed by atoms with Crippen LogP contribution in [0.1, 0.15) is 12.8 Å². The second kappa shape index (κ2) is 10.6. The maximum atomic E-state index is 11.6. The van der Waals surface area contributed by atoms with Gasteiger partial charge >= 0.3 is 5.97 Å². The fourth-order valence-electron chi connectivity index (χ4n) is 1.17. The normalized spacial score (nSPS) is 10.9. The van der Waals surface area contributed by atoms with Gasteiger partial charge in [-0.1, -0.05) is 12.7 Å². The molecule has 0 unspecified atom stereocenters. The maximum Gasteiger partial charge on any atom is 0.332 e. The lowest BCUT2D eigenvalue weighted by Gasteiger charge is -2.16. The first-order chi connectivity index (χ1) is 9.51. The van der Waals surface area contributed by atoms with Gasteiger partial charge in [0.1, 0.15) is 18.4 Å². The number of carbonyl (C=O) groups excluding carboxylic acids is 2. The zero-order valence-corrected chi connectivity index (χ0v) is 11.1. The van der Waals surface area contributed by atoms with Crippen molar-refractivity contribution in [2.75, 3.05) is 19.8 Å². The summed E-state index contributed by atoms with van der Waals surface area (Å²) < 4.78 is 9.61. The number of nitriles is 1. The number of amides is 1. The Labute approximate surface area is 117 Å². The Hall–Kier alpha value is -2.33. The lowest BCUT2D eigenvalue weighted by molar-refractivity contribution is -0.148. The number of nitrogens with one attached hydrogen (secondary N) is 1. The molecule has 0 spiro atoms. The van der Waals surface area contributed by atoms with E-state index in [0.29, 0.717) is 6.42 Å². The molecule has 0 aliphatic carbocycles. The second-order valence-electron chi connectivity index (χ2n) is 3.79. The van der Waals surface area contributed by atoms with Gasteiger partial charge in [-0.05, 0) is 6.42 Å². The van der Waals surface area contributed by atoms with E-state index in [1.807, 2.05) is 0 Å². The highest BCUT2D eigenvalue weighted by atomic mass is 16.5. The highest BCUT2D eigenvalue weighted by molar-refractivity contribution is 5.84. The van der Waals surface area contributed by atoms with Crippen molar-refractivity contribution in [2.45, 2.75) is 18.9 Å². The first kappa shape index (κ1) is 17.7. The van der Waals surface area contributed by atoms with Crippen molar-refractivity contribution in [3.8, 4) is 6.07 Å². The van der Waals surface area contributed by atoms with Crippen LogP contribution >= 0.6 is 0 Å². The van der Waals surface area contributed by atoms with Crippen molar-refractivity contribution in [2.24, 2.45) is 0 Å². The number of hydrogen-bond acceptors (Lipinski definition) is 6. The van der Waals surface area contributed by atoms with Gasteiger partial charge in [0, 0.05) is 6.42 Å². The van der Waals surface area contributed by atoms with E-state index in [-0.39, 0.29) is 31.3 Å². The largest absolute Gasteiger partial charge is 0.510 e. The van der Waals surface area contributed by atoms with Crippen LogP contribution in [0.5, 0.6) is 0 Å². The third-order valence-electron chi connectivity index (χ3n) is 2.03. The van der Waals surface area contributed by atoms with Crippen LogP contribution in [-0.2, 0) is 19.1 Å². The molecule has 0 saturated carbocycles. The minimum absolute atomic E-state index is 0.162. The molecule has 0 aromatic carbocycles. The minimum Gasteiger partial charge on any atom is -0.510 e. The molecule has 7 heteroatoms. The summed E-state index contributed by atoms with van der Waals surface area (Å²) in [6, 6.07) is 0.610. The van der Waals surface area contributed by atoms with Gasteiger partial charge in [-0.15, -0.1) is 6.58 Å². The molecular formula is C13H18N2O5. The average molecular weight is 282 g/mol. The van der Waals surface area contributed by atoms with Crippen molar-refractivity contribution in [1.29, 1.82) is 5.26 Å². The molecule has 1 atom stereocenters. The molecule has 0 rings (SSSR count). The van der Waals surface area contributed by atoms with Crippen molar-refractivity contribution < 1.29 is 24.2 Å². The Bertz CT molecular complexity index is 400. The van der Waals surface area contributed by atoms with Crippen LogP contribution in [-0.4, -0.2) is 42.8 Å². The molecule has 7 nitrogen and oxygen atoms in total. The van der Waals surface area contributed by atoms with E-state index < -0.39 is 18.6 Å². The quantitative estimate of drug-likeness (QED) is 0.345. The summed E-state index contributed by atoms with van der Waals surface area (Å²) in [4.78, 5) is 23.1. The monoisotopic (exact) mass is 282 g/mol. The zero-order chi connectivity index (χ0) is 15.4. The molecule has 0 aromatic heterocycles. The SMILES string of the molecule is C=CCCC(=O)N[C@@H](COCC(=C)O)C(=O)OCC#N. The maximum absolute atomic E-state index is 11.6. The van der Waals surface area contributed by atoms with E-state index >= 15 is 0 Å². The minimum atomic E-state index is -1.04. The van der Waals surface area contributed by atoms with E-state index in [2.05, 4.69) is 23.2 Å². The smallest absolute Gasteiger partial charge is 0.332 e. The number of carbonyl (C=O) groups is 2. The van der Waals surface area contributed by atoms with E-state index in [9.17, 15) is 9.59 Å². The van der Waals surface area contributed by atoms with E-state index in [0.717, 1.165) is 0 Å². The standard InChI is InChI=1S/C13H18N2O5/c1-3-4-5-12(17)15-11(9-19-8-10(2)16)13(18)20-7-6-14/h3,11,16H,1-2,4-5,7-9H2,(H,15,17)/t11-/m0/s1. The number of rotatable bonds is 10. The van der Waals surface area contributed by atoms with Crippen LogP contribution in [0.4, 0.5) is 0 Å². The number of esters is 1. The molecular weight excluding hydrogens is 264 g/mol. The molecule has 0 aliphatic heterocycles. The Morgan fingerprint density at radius 3 is 2.75 bits per heavy atom. The van der Waals surface area contributed by atoms with E-state index in [4.69, 9.17) is 15.1 Å². The van der Waals surface area contributed by atoms with Gasteiger partial charge in [0.25, 0.3) is 0 Å². The predicted molar refractivity (Wildman–Crippen MR) is 70.5 cm³/mol. The topological polar surface area (TPSA) is 109 Å². The molecule has 0 aromatic rings. The van der Waals surface area contributed by atoms with Gasteiger partial charge < -0.3 is 19.9 Å². The third kappa shape index (κ3) is 8.72. The summed E-state index contributed by atoms with van der Waals surface area (Å²) in [7, 11) is 0. The number of nitrogens with zero attached hydrogens (tertiary/aromatic N) is 1. The molecule has 0 aliphatic rings. The average Bonchev–Trinajstić information content (AvgIpc) is 2.40. The fraction of sp³-hybridized carbons (Fsp3) is 0.462. The summed E-state index contributed by atoms with van der Waals surface area (Å²) >= 11 is 0. The molecule has 110 valence electrons. The van der Waals surface area contributed by atoms with Crippen molar-refractivity contribution in [3.63, 3.8) is 0 Å². The third-order valence-corrected chi connectivity index (χ3v) is 2.03. The van der Waals surface area contributed by atoms with Gasteiger partial charge in [-0.25, -0.2) is 4.79 Å². The predicted octanol–water partition coefficient (Wildman–Crippen LogP) is 0.592. The molecule has 2 N–H and O–H groups in total. The van der Waals surface area contributed by atoms with E-state index in [1.54, 1.807) is 12.1 Å². The van der Waals surface area contributed by atoms with Crippen LogP contribution in [0.15, 0.2) is 25.0 Å². The zero-order valence-electron chi connectivity index (χ0n) is 11.1. The van der Waals surface area contributed by atoms with Crippen molar-refractivity contribution >= 4 is 11.9 Å². The number of ether oxygens (including phenoxy) is 2. The number of aliphatic hydroxyl groups excluding tert-OH is 1. The molecule has 1 amide bonds. The summed E-state index contributed by atoms with van der Waals surface area (Å²) in [5.41, 5.74) is 0. The van der Waals surface area contributed by atoms with Crippen molar-refractivity contribution in [3.05, 3.63) is 25.0 Å². The van der Waals surface area contributed by atoms with Gasteiger partial charge in [0.15, 0.2) is 12.6 Å². The second-order valence-corrected chi connectivity index (χ2v) is 3.79. The van der Waals surface area contributed by atoms with Crippen LogP contribution in [0.2, 0.25) is 0 Å². The lowest BCUT2D eigenvalue weighted by atomic mass is 10.2. The Kier molecular flexibility index (Phi) is 9.35. The van der Waals surface area contributed by atoms with Crippen LogP contribution in [0, 0.1) is 11.3 Å². The van der Waals surface area contributed by atoms with Crippen molar-refractivity contribution in [1.82, 2.24) is 5.32 Å². The summed E-state index contributed by atoms with van der Waals surface area (Å²) in [6.45, 7) is 5.94. The Morgan fingerprint density at radius 2 is 2.20 bits per heavy atom. The van der Waals surface area contributed by atoms with Crippen LogP contribution in [0.3, 0.4) is 0 Å². The van der Waals surface area contributed by atoms with Gasteiger partial charge in [-0.3, -0.25) is 4.79 Å². The van der Waals surface area contributed by atoms with E-state index in [1.165, 1.54) is 0 Å². The molecule has 0 bridgehead atoms. The lowest BCUT2D eigenvalue weighted by Crippen LogP contribution is -2.45. The number of hydrogen-bond donors (Lipinski definition) is 2. The molecule has 20 heavy (non-hydrogen) atoms. The van der Waals surface area contributed by atoms with Crippen LogP contribution < -0.4 is 5.32 Å². The highest BCUT2D eigenvalue weighted by Gasteiger charge is 2.22. The first-order valence-corrected chi connectivity index (χ1v) is 5.89. The Balaban J connectivity index is 4.40. The van der Waals surface area contributed by atoms with Crippen LogP contribution in [0.25, 0.3) is 0 Å². The Morgan fingerprint density at radius 1 is 1.50 bits per heavy atom. The number of allylic oxidation sites excluding steroid dienone is 1. The first-order valence-electron chi connectivity index (χ1n) is 5.89. The van der Waals surface area contributed by atoms with Gasteiger partial charge in [0.2, 0.25) is 5.91 Å². The molecule has 0 radical (unpaired) electrons. The molecule has 0 fully saturated rings. The summed E-state index contributed by atoms with van der Waals surface area (Å²) in [5.74, 6) is -1.34. The van der Waals surface area contributed by atoms with Gasteiger partial charge in [0.05, 0.1) is 6.61 Å². The fourth-order valence-corrected chi connectivity index (χ4v) is 1.17. The molecule has 0 saturated heterocycles. The summed E-state index contributed by atoms with van der Waals surface area (Å²) in [6.07, 6.45) is 2.23. The number of aliphatic hydroxyl groups is 1. The highest BCUT2D eigenvalue weighted by Crippen LogP contribution is 1.97. The summed E-state index contributed by atoms with van der Waals surface area (Å²) in [5, 5.41) is 19.6.